The van der Waals surface area contributed by atoms with Gasteiger partial charge in [-0.05, 0) is 54.2 Å². The zero-order valence-corrected chi connectivity index (χ0v) is 20.5. The van der Waals surface area contributed by atoms with Gasteiger partial charge in [0.2, 0.25) is 11.8 Å². The van der Waals surface area contributed by atoms with E-state index in [9.17, 15) is 19.2 Å². The Labute approximate surface area is 210 Å². The number of benzene rings is 2. The molecule has 0 bridgehead atoms. The first kappa shape index (κ1) is 24.3. The van der Waals surface area contributed by atoms with E-state index in [4.69, 9.17) is 4.74 Å². The van der Waals surface area contributed by atoms with Crippen molar-refractivity contribution in [2.24, 2.45) is 0 Å². The number of Topliss-reactive ketones (excluding diaryl/α,β-unsaturated/α-hetero) is 1. The first-order valence-electron chi connectivity index (χ1n) is 12.6. The SMILES string of the molecule is Cc1ccc(C(=O)CCc2ccc3c(c2)CN(C2CCC(=O)NC2=O)C3=O)cc1CN1CCOCC1. The number of hydrogen-bond donors (Lipinski definition) is 1. The lowest BCUT2D eigenvalue weighted by Crippen LogP contribution is -2.52. The standard InChI is InChI=1S/C28H31N3O5/c1-18-2-5-20(15-21(18)16-30-10-12-36-13-11-30)25(32)8-4-19-3-6-23-22(14-19)17-31(28(23)35)24-7-9-26(33)29-27(24)34/h2-3,5-6,14-15,24H,4,7-13,16-17H2,1H3,(H,29,33,34). The van der Waals surface area contributed by atoms with Gasteiger partial charge >= 0.3 is 0 Å². The van der Waals surface area contributed by atoms with Crippen molar-refractivity contribution < 1.29 is 23.9 Å². The molecule has 8 nitrogen and oxygen atoms in total. The van der Waals surface area contributed by atoms with Crippen LogP contribution in [0.1, 0.15) is 62.2 Å². The Kier molecular flexibility index (Phi) is 6.98. The monoisotopic (exact) mass is 489 g/mol. The summed E-state index contributed by atoms with van der Waals surface area (Å²) in [4.78, 5) is 53.5. The number of piperidine rings is 1. The van der Waals surface area contributed by atoms with Crippen LogP contribution in [0.4, 0.5) is 0 Å². The number of aryl methyl sites for hydroxylation is 2. The van der Waals surface area contributed by atoms with Gasteiger partial charge in [0.05, 0.1) is 13.2 Å². The third-order valence-corrected chi connectivity index (χ3v) is 7.40. The third-order valence-electron chi connectivity index (χ3n) is 7.40. The molecule has 3 aliphatic rings. The summed E-state index contributed by atoms with van der Waals surface area (Å²) >= 11 is 0. The molecule has 0 saturated carbocycles. The Bertz CT molecular complexity index is 1220. The van der Waals surface area contributed by atoms with Crippen LogP contribution in [0.2, 0.25) is 0 Å². The van der Waals surface area contributed by atoms with E-state index in [0.29, 0.717) is 31.4 Å². The fourth-order valence-electron chi connectivity index (χ4n) is 5.20. The lowest BCUT2D eigenvalue weighted by Gasteiger charge is -2.29. The van der Waals surface area contributed by atoms with Crippen LogP contribution in [0.25, 0.3) is 0 Å². The molecular weight excluding hydrogens is 458 g/mol. The normalized spacial score (nSPS) is 20.4. The Morgan fingerprint density at radius 1 is 1.08 bits per heavy atom. The molecule has 2 aromatic carbocycles. The highest BCUT2D eigenvalue weighted by molar-refractivity contribution is 6.05. The van der Waals surface area contributed by atoms with Crippen molar-refractivity contribution in [1.82, 2.24) is 15.1 Å². The van der Waals surface area contributed by atoms with Gasteiger partial charge in [-0.3, -0.25) is 29.4 Å². The number of amides is 3. The number of hydrogen-bond acceptors (Lipinski definition) is 6. The quantitative estimate of drug-likeness (QED) is 0.474. The van der Waals surface area contributed by atoms with Gasteiger partial charge in [-0.1, -0.05) is 24.3 Å². The second-order valence-corrected chi connectivity index (χ2v) is 9.84. The number of ether oxygens (including phenoxy) is 1. The van der Waals surface area contributed by atoms with E-state index in [0.717, 1.165) is 49.5 Å². The van der Waals surface area contributed by atoms with Crippen molar-refractivity contribution in [3.63, 3.8) is 0 Å². The predicted octanol–water partition coefficient (Wildman–Crippen LogP) is 2.40. The van der Waals surface area contributed by atoms with E-state index >= 15 is 0 Å². The highest BCUT2D eigenvalue weighted by Crippen LogP contribution is 2.28. The molecule has 0 spiro atoms. The number of rotatable bonds is 7. The van der Waals surface area contributed by atoms with Crippen molar-refractivity contribution in [3.05, 3.63) is 69.8 Å². The molecule has 1 atom stereocenters. The molecular formula is C28H31N3O5. The Morgan fingerprint density at radius 2 is 1.89 bits per heavy atom. The van der Waals surface area contributed by atoms with E-state index in [1.807, 2.05) is 30.3 Å². The minimum Gasteiger partial charge on any atom is -0.379 e. The summed E-state index contributed by atoms with van der Waals surface area (Å²) < 4.78 is 5.44. The Balaban J connectivity index is 1.22. The summed E-state index contributed by atoms with van der Waals surface area (Å²) in [5.41, 5.74) is 5.51. The molecule has 0 radical (unpaired) electrons. The van der Waals surface area contributed by atoms with E-state index in [2.05, 4.69) is 17.1 Å². The second kappa shape index (κ2) is 10.3. The van der Waals surface area contributed by atoms with Crippen LogP contribution in [0.15, 0.2) is 36.4 Å². The molecule has 188 valence electrons. The molecule has 5 rings (SSSR count). The second-order valence-electron chi connectivity index (χ2n) is 9.84. The minimum atomic E-state index is -0.624. The van der Waals surface area contributed by atoms with Gasteiger partial charge in [0.15, 0.2) is 5.78 Å². The maximum atomic E-state index is 13.0. The lowest BCUT2D eigenvalue weighted by atomic mass is 9.97. The minimum absolute atomic E-state index is 0.0972. The third kappa shape index (κ3) is 5.10. The molecule has 3 amide bonds. The van der Waals surface area contributed by atoms with Crippen LogP contribution < -0.4 is 5.32 Å². The fourth-order valence-corrected chi connectivity index (χ4v) is 5.20. The van der Waals surface area contributed by atoms with E-state index < -0.39 is 11.9 Å². The van der Waals surface area contributed by atoms with Gasteiger partial charge < -0.3 is 9.64 Å². The molecule has 1 unspecified atom stereocenters. The Morgan fingerprint density at radius 3 is 2.67 bits per heavy atom. The summed E-state index contributed by atoms with van der Waals surface area (Å²) in [5, 5.41) is 2.33. The van der Waals surface area contributed by atoms with Crippen LogP contribution in [-0.4, -0.2) is 65.6 Å². The first-order valence-corrected chi connectivity index (χ1v) is 12.6. The van der Waals surface area contributed by atoms with Gasteiger partial charge in [-0.25, -0.2) is 0 Å². The maximum absolute atomic E-state index is 13.0. The fraction of sp³-hybridized carbons (Fsp3) is 0.429. The van der Waals surface area contributed by atoms with Crippen LogP contribution in [0.3, 0.4) is 0 Å². The van der Waals surface area contributed by atoms with Crippen LogP contribution >= 0.6 is 0 Å². The zero-order chi connectivity index (χ0) is 25.2. The van der Waals surface area contributed by atoms with E-state index in [-0.39, 0.29) is 24.0 Å². The topological polar surface area (TPSA) is 96.0 Å². The smallest absolute Gasteiger partial charge is 0.255 e. The number of morpholine rings is 1. The van der Waals surface area contributed by atoms with Crippen LogP contribution in [0, 0.1) is 6.92 Å². The predicted molar refractivity (Wildman–Crippen MR) is 132 cm³/mol. The van der Waals surface area contributed by atoms with Gasteiger partial charge in [-0.2, -0.15) is 0 Å². The number of ketones is 1. The number of nitrogens with one attached hydrogen (secondary N) is 1. The average molecular weight is 490 g/mol. The van der Waals surface area contributed by atoms with Gasteiger partial charge in [-0.15, -0.1) is 0 Å². The number of nitrogens with zero attached hydrogens (tertiary/aromatic N) is 2. The van der Waals surface area contributed by atoms with Crippen molar-refractivity contribution in [1.29, 1.82) is 0 Å². The molecule has 2 aromatic rings. The molecule has 0 aliphatic carbocycles. The Hall–Kier alpha value is -3.36. The lowest BCUT2D eigenvalue weighted by molar-refractivity contribution is -0.136. The molecule has 3 heterocycles. The molecule has 3 aliphatic heterocycles. The van der Waals surface area contributed by atoms with Crippen molar-refractivity contribution >= 4 is 23.5 Å². The number of carbonyl (C=O) groups excluding carboxylic acids is 4. The van der Waals surface area contributed by atoms with Crippen molar-refractivity contribution in [2.45, 2.75) is 51.7 Å². The maximum Gasteiger partial charge on any atom is 0.255 e. The first-order chi connectivity index (χ1) is 17.4. The molecule has 8 heteroatoms. The van der Waals surface area contributed by atoms with Gasteiger partial charge in [0.25, 0.3) is 5.91 Å². The van der Waals surface area contributed by atoms with Crippen LogP contribution in [0.5, 0.6) is 0 Å². The van der Waals surface area contributed by atoms with Gasteiger partial charge in [0.1, 0.15) is 6.04 Å². The van der Waals surface area contributed by atoms with Gasteiger partial charge in [0, 0.05) is 50.1 Å². The van der Waals surface area contributed by atoms with Crippen molar-refractivity contribution in [3.8, 4) is 0 Å². The number of fused-ring (bicyclic) bond motifs is 1. The summed E-state index contributed by atoms with van der Waals surface area (Å²) in [7, 11) is 0. The summed E-state index contributed by atoms with van der Waals surface area (Å²) in [5.74, 6) is -0.798. The summed E-state index contributed by atoms with van der Waals surface area (Å²) in [6.45, 7) is 6.53. The highest BCUT2D eigenvalue weighted by atomic mass is 16.5. The number of imide groups is 1. The highest BCUT2D eigenvalue weighted by Gasteiger charge is 2.39. The van der Waals surface area contributed by atoms with Crippen LogP contribution in [-0.2, 0) is 33.8 Å². The van der Waals surface area contributed by atoms with E-state index in [1.165, 1.54) is 11.1 Å². The molecule has 2 saturated heterocycles. The molecule has 0 aromatic heterocycles. The average Bonchev–Trinajstić information content (AvgIpc) is 3.20. The number of carbonyl (C=O) groups is 4. The molecule has 36 heavy (non-hydrogen) atoms. The zero-order valence-electron chi connectivity index (χ0n) is 20.5. The van der Waals surface area contributed by atoms with E-state index in [1.54, 1.807) is 11.0 Å². The molecule has 2 fully saturated rings. The molecule has 1 N–H and O–H groups in total. The van der Waals surface area contributed by atoms with Crippen molar-refractivity contribution in [2.75, 3.05) is 26.3 Å². The summed E-state index contributed by atoms with van der Waals surface area (Å²) in [6.07, 6.45) is 1.53. The largest absolute Gasteiger partial charge is 0.379 e. The summed E-state index contributed by atoms with van der Waals surface area (Å²) in [6, 6.07) is 11.0.